The molecule has 9 nitrogen and oxygen atoms in total. The molecule has 1 aromatic carbocycles. The first-order chi connectivity index (χ1) is 14.5. The topological polar surface area (TPSA) is 122 Å². The van der Waals surface area contributed by atoms with E-state index in [9.17, 15) is 14.4 Å². The van der Waals surface area contributed by atoms with Crippen molar-refractivity contribution in [1.82, 2.24) is 15.3 Å². The van der Waals surface area contributed by atoms with E-state index < -0.39 is 11.9 Å². The Labute approximate surface area is 176 Å². The molecule has 2 heterocycles. The maximum Gasteiger partial charge on any atom is 0.354 e. The summed E-state index contributed by atoms with van der Waals surface area (Å²) in [5, 5.41) is 7.33. The number of nitrogens with zero attached hydrogens (tertiary/aromatic N) is 1. The van der Waals surface area contributed by atoms with Gasteiger partial charge in [-0.25, -0.2) is 9.78 Å². The third kappa shape index (κ3) is 5.23. The standard InChI is InChI=1S/C20H20N4O5S/c1-3-29-14-6-4-12(5-7-14)18(26)22-10-17(25)24-20-23-16(11-30-20)13-8-15(21-9-13)19(27)28-2/h4-9,11,21H,3,10H2,1-2H3,(H,22,26)(H,23,24,25). The van der Waals surface area contributed by atoms with Gasteiger partial charge in [0.2, 0.25) is 5.91 Å². The van der Waals surface area contributed by atoms with Crippen molar-refractivity contribution in [1.29, 1.82) is 0 Å². The molecule has 0 saturated heterocycles. The van der Waals surface area contributed by atoms with Crippen LogP contribution in [0.25, 0.3) is 11.3 Å². The largest absolute Gasteiger partial charge is 0.494 e. The smallest absolute Gasteiger partial charge is 0.354 e. The minimum Gasteiger partial charge on any atom is -0.494 e. The van der Waals surface area contributed by atoms with E-state index in [-0.39, 0.29) is 12.5 Å². The number of amides is 2. The second kappa shape index (κ2) is 9.70. The monoisotopic (exact) mass is 428 g/mol. The molecule has 0 fully saturated rings. The number of hydrogen-bond acceptors (Lipinski definition) is 7. The molecular weight excluding hydrogens is 408 g/mol. The molecule has 3 aromatic rings. The van der Waals surface area contributed by atoms with Gasteiger partial charge in [0, 0.05) is 22.7 Å². The fourth-order valence-electron chi connectivity index (χ4n) is 2.53. The molecule has 0 saturated carbocycles. The number of rotatable bonds is 8. The normalized spacial score (nSPS) is 10.3. The van der Waals surface area contributed by atoms with Crippen molar-refractivity contribution in [3.05, 3.63) is 53.2 Å². The maximum atomic E-state index is 12.2. The minimum atomic E-state index is -0.478. The molecular formula is C20H20N4O5S. The molecule has 0 unspecified atom stereocenters. The highest BCUT2D eigenvalue weighted by atomic mass is 32.1. The van der Waals surface area contributed by atoms with E-state index in [1.807, 2.05) is 6.92 Å². The number of ether oxygens (including phenoxy) is 2. The van der Waals surface area contributed by atoms with Gasteiger partial charge in [0.05, 0.1) is 26.0 Å². The Morgan fingerprint density at radius 2 is 1.97 bits per heavy atom. The number of thiazole rings is 1. The minimum absolute atomic E-state index is 0.197. The second-order valence-electron chi connectivity index (χ2n) is 6.02. The first-order valence-corrected chi connectivity index (χ1v) is 9.91. The van der Waals surface area contributed by atoms with Crippen LogP contribution in [0.15, 0.2) is 41.9 Å². The van der Waals surface area contributed by atoms with Crippen LogP contribution in [0.1, 0.15) is 27.8 Å². The van der Waals surface area contributed by atoms with E-state index in [4.69, 9.17) is 4.74 Å². The van der Waals surface area contributed by atoms with Crippen molar-refractivity contribution in [2.24, 2.45) is 0 Å². The van der Waals surface area contributed by atoms with Gasteiger partial charge in [-0.3, -0.25) is 9.59 Å². The van der Waals surface area contributed by atoms with E-state index in [1.165, 1.54) is 18.4 Å². The van der Waals surface area contributed by atoms with Crippen LogP contribution in [0, 0.1) is 0 Å². The number of aromatic nitrogens is 2. The summed E-state index contributed by atoms with van der Waals surface area (Å²) < 4.78 is 9.98. The van der Waals surface area contributed by atoms with E-state index >= 15 is 0 Å². The lowest BCUT2D eigenvalue weighted by atomic mass is 10.2. The van der Waals surface area contributed by atoms with Crippen molar-refractivity contribution < 1.29 is 23.9 Å². The number of benzene rings is 1. The summed E-state index contributed by atoms with van der Waals surface area (Å²) in [5.74, 6) is -0.573. The summed E-state index contributed by atoms with van der Waals surface area (Å²) in [6, 6.07) is 8.27. The molecule has 0 aliphatic heterocycles. The lowest BCUT2D eigenvalue weighted by Gasteiger charge is -2.06. The molecule has 3 N–H and O–H groups in total. The zero-order valence-corrected chi connectivity index (χ0v) is 17.2. The van der Waals surface area contributed by atoms with Gasteiger partial charge in [-0.1, -0.05) is 0 Å². The van der Waals surface area contributed by atoms with Crippen LogP contribution in [0.4, 0.5) is 5.13 Å². The van der Waals surface area contributed by atoms with E-state index in [2.05, 4.69) is 25.3 Å². The van der Waals surface area contributed by atoms with Crippen LogP contribution in [-0.2, 0) is 9.53 Å². The van der Waals surface area contributed by atoms with Gasteiger partial charge >= 0.3 is 5.97 Å². The summed E-state index contributed by atoms with van der Waals surface area (Å²) in [6.45, 7) is 2.22. The number of nitrogens with one attached hydrogen (secondary N) is 3. The van der Waals surface area contributed by atoms with E-state index in [0.29, 0.717) is 40.0 Å². The zero-order valence-electron chi connectivity index (χ0n) is 16.4. The zero-order chi connectivity index (χ0) is 21.5. The number of H-pyrrole nitrogens is 1. The van der Waals surface area contributed by atoms with Crippen LogP contribution in [0.2, 0.25) is 0 Å². The number of esters is 1. The lowest BCUT2D eigenvalue weighted by Crippen LogP contribution is -2.32. The van der Waals surface area contributed by atoms with Crippen LogP contribution >= 0.6 is 11.3 Å². The van der Waals surface area contributed by atoms with Gasteiger partial charge in [0.15, 0.2) is 5.13 Å². The molecule has 0 aliphatic carbocycles. The molecule has 2 aromatic heterocycles. The van der Waals surface area contributed by atoms with Crippen LogP contribution in [0.5, 0.6) is 5.75 Å². The summed E-state index contributed by atoms with van der Waals surface area (Å²) >= 11 is 1.23. The van der Waals surface area contributed by atoms with Crippen LogP contribution in [0.3, 0.4) is 0 Å². The Morgan fingerprint density at radius 1 is 1.20 bits per heavy atom. The third-order valence-electron chi connectivity index (χ3n) is 3.97. The Kier molecular flexibility index (Phi) is 6.81. The highest BCUT2D eigenvalue weighted by molar-refractivity contribution is 7.14. The molecule has 0 radical (unpaired) electrons. The Balaban J connectivity index is 1.52. The first-order valence-electron chi connectivity index (χ1n) is 9.03. The second-order valence-corrected chi connectivity index (χ2v) is 6.88. The van der Waals surface area contributed by atoms with Crippen molar-refractivity contribution in [2.75, 3.05) is 25.6 Å². The van der Waals surface area contributed by atoms with Crippen molar-refractivity contribution >= 4 is 34.3 Å². The Hall–Kier alpha value is -3.66. The predicted molar refractivity (Wildman–Crippen MR) is 112 cm³/mol. The fourth-order valence-corrected chi connectivity index (χ4v) is 3.26. The molecule has 0 bridgehead atoms. The van der Waals surface area contributed by atoms with Gasteiger partial charge in [0.1, 0.15) is 11.4 Å². The van der Waals surface area contributed by atoms with Gasteiger partial charge in [0.25, 0.3) is 5.91 Å². The van der Waals surface area contributed by atoms with Gasteiger partial charge in [-0.05, 0) is 37.3 Å². The highest BCUT2D eigenvalue weighted by Gasteiger charge is 2.13. The molecule has 0 aliphatic rings. The fraction of sp³-hybridized carbons (Fsp3) is 0.200. The average Bonchev–Trinajstić information content (AvgIpc) is 3.42. The van der Waals surface area contributed by atoms with Crippen LogP contribution in [-0.4, -0.2) is 48.0 Å². The lowest BCUT2D eigenvalue weighted by molar-refractivity contribution is -0.115. The Bertz CT molecular complexity index is 1040. The molecule has 2 amide bonds. The summed E-state index contributed by atoms with van der Waals surface area (Å²) in [7, 11) is 1.30. The molecule has 0 spiro atoms. The molecule has 156 valence electrons. The number of carbonyl (C=O) groups excluding carboxylic acids is 3. The summed E-state index contributed by atoms with van der Waals surface area (Å²) in [5.41, 5.74) is 2.02. The van der Waals surface area contributed by atoms with E-state index in [0.717, 1.165) is 0 Å². The highest BCUT2D eigenvalue weighted by Crippen LogP contribution is 2.25. The van der Waals surface area contributed by atoms with Crippen LogP contribution < -0.4 is 15.4 Å². The molecule has 0 atom stereocenters. The predicted octanol–water partition coefficient (Wildman–Crippen LogP) is 2.69. The molecule has 3 rings (SSSR count). The SMILES string of the molecule is CCOc1ccc(C(=O)NCC(=O)Nc2nc(-c3c[nH]c(C(=O)OC)c3)cs2)cc1. The molecule has 10 heteroatoms. The molecule has 30 heavy (non-hydrogen) atoms. The summed E-state index contributed by atoms with van der Waals surface area (Å²) in [4.78, 5) is 42.9. The summed E-state index contributed by atoms with van der Waals surface area (Å²) in [6.07, 6.45) is 1.63. The van der Waals surface area contributed by atoms with Gasteiger partial charge < -0.3 is 25.1 Å². The first kappa shape index (κ1) is 21.1. The van der Waals surface area contributed by atoms with E-state index in [1.54, 1.807) is 41.9 Å². The van der Waals surface area contributed by atoms with Crippen molar-refractivity contribution in [3.63, 3.8) is 0 Å². The number of methoxy groups -OCH3 is 1. The van der Waals surface area contributed by atoms with Crippen molar-refractivity contribution in [2.45, 2.75) is 6.92 Å². The maximum absolute atomic E-state index is 12.2. The average molecular weight is 428 g/mol. The number of carbonyl (C=O) groups is 3. The van der Waals surface area contributed by atoms with Gasteiger partial charge in [-0.15, -0.1) is 11.3 Å². The van der Waals surface area contributed by atoms with Crippen molar-refractivity contribution in [3.8, 4) is 17.0 Å². The third-order valence-corrected chi connectivity index (χ3v) is 4.73. The quantitative estimate of drug-likeness (QED) is 0.474. The number of aromatic amines is 1. The van der Waals surface area contributed by atoms with Gasteiger partial charge in [-0.2, -0.15) is 0 Å². The number of hydrogen-bond donors (Lipinski definition) is 3. The Morgan fingerprint density at radius 3 is 2.67 bits per heavy atom. The number of anilines is 1.